The van der Waals surface area contributed by atoms with Crippen molar-refractivity contribution in [3.63, 3.8) is 0 Å². The third-order valence-corrected chi connectivity index (χ3v) is 6.03. The van der Waals surface area contributed by atoms with E-state index in [1.807, 2.05) is 43.3 Å². The summed E-state index contributed by atoms with van der Waals surface area (Å²) in [7, 11) is 0. The van der Waals surface area contributed by atoms with Crippen molar-refractivity contribution in [2.45, 2.75) is 37.6 Å². The van der Waals surface area contributed by atoms with E-state index in [1.54, 1.807) is 42.5 Å². The van der Waals surface area contributed by atoms with E-state index in [0.29, 0.717) is 11.1 Å². The van der Waals surface area contributed by atoms with Gasteiger partial charge in [-0.2, -0.15) is 0 Å². The summed E-state index contributed by atoms with van der Waals surface area (Å²) in [4.78, 5) is 25.2. The minimum absolute atomic E-state index is 0.137. The maximum absolute atomic E-state index is 12.8. The third-order valence-electron chi connectivity index (χ3n) is 6.03. The second-order valence-corrected chi connectivity index (χ2v) is 8.57. The number of benzene rings is 3. The molecule has 1 unspecified atom stereocenters. The molecule has 0 radical (unpaired) electrons. The average molecular weight is 477 g/mol. The SMILES string of the molecule is Cc1ccc(C(=O)NC[C@H]2OC(O)[C@H](NC(=O)c3cccc(-c4ccccc4)c3)[C@@H](O)[C@@H]2O)cc1. The van der Waals surface area contributed by atoms with Gasteiger partial charge < -0.3 is 30.7 Å². The second kappa shape index (κ2) is 10.8. The smallest absolute Gasteiger partial charge is 0.251 e. The molecular formula is C27H28N2O6. The summed E-state index contributed by atoms with van der Waals surface area (Å²) >= 11 is 0. The van der Waals surface area contributed by atoms with Gasteiger partial charge in [0.05, 0.1) is 0 Å². The number of aryl methyl sites for hydroxylation is 1. The van der Waals surface area contributed by atoms with Crippen molar-refractivity contribution in [3.8, 4) is 11.1 Å². The number of ether oxygens (including phenoxy) is 1. The maximum Gasteiger partial charge on any atom is 0.251 e. The standard InChI is InChI=1S/C27H28N2O6/c1-16-10-12-18(13-11-16)25(32)28-15-21-23(30)24(31)22(27(34)35-21)29-26(33)20-9-5-8-19(14-20)17-6-3-2-4-7-17/h2-14,21-24,27,30-31,34H,15H2,1H3,(H,28,32)(H,29,33)/t21-,22-,23-,24-,27?/m1/s1. The third kappa shape index (κ3) is 5.75. The van der Waals surface area contributed by atoms with Crippen molar-refractivity contribution in [3.05, 3.63) is 95.6 Å². The summed E-state index contributed by atoms with van der Waals surface area (Å²) in [6.07, 6.45) is -5.61. The molecule has 5 atom stereocenters. The topological polar surface area (TPSA) is 128 Å². The number of rotatable bonds is 6. The van der Waals surface area contributed by atoms with Crippen LogP contribution in [0.15, 0.2) is 78.9 Å². The maximum atomic E-state index is 12.8. The van der Waals surface area contributed by atoms with Gasteiger partial charge in [0.2, 0.25) is 0 Å². The Morgan fingerprint density at radius 3 is 2.20 bits per heavy atom. The molecule has 0 aliphatic carbocycles. The predicted octanol–water partition coefficient (Wildman–Crippen LogP) is 1.63. The summed E-state index contributed by atoms with van der Waals surface area (Å²) < 4.78 is 5.43. The van der Waals surface area contributed by atoms with E-state index in [4.69, 9.17) is 4.74 Å². The summed E-state index contributed by atoms with van der Waals surface area (Å²) in [5.74, 6) is -0.911. The molecule has 1 aliphatic rings. The first-order valence-electron chi connectivity index (χ1n) is 11.3. The summed E-state index contributed by atoms with van der Waals surface area (Å²) in [5, 5.41) is 36.8. The van der Waals surface area contributed by atoms with Gasteiger partial charge >= 0.3 is 0 Å². The van der Waals surface area contributed by atoms with Crippen LogP contribution in [-0.4, -0.2) is 64.3 Å². The van der Waals surface area contributed by atoms with E-state index in [2.05, 4.69) is 10.6 Å². The Balaban J connectivity index is 1.37. The molecule has 0 saturated carbocycles. The first kappa shape index (κ1) is 24.6. The minimum atomic E-state index is -1.59. The Morgan fingerprint density at radius 2 is 1.49 bits per heavy atom. The molecule has 3 aromatic rings. The largest absolute Gasteiger partial charge is 0.388 e. The number of carbonyl (C=O) groups is 2. The molecule has 1 heterocycles. The van der Waals surface area contributed by atoms with Crippen molar-refractivity contribution in [2.75, 3.05) is 6.54 Å². The van der Waals surface area contributed by atoms with Crippen LogP contribution in [0.25, 0.3) is 11.1 Å². The summed E-state index contributed by atoms with van der Waals surface area (Å²) in [5.41, 5.74) is 3.55. The van der Waals surface area contributed by atoms with Crippen LogP contribution in [0.2, 0.25) is 0 Å². The highest BCUT2D eigenvalue weighted by molar-refractivity contribution is 5.96. The molecule has 0 aromatic heterocycles. The highest BCUT2D eigenvalue weighted by Crippen LogP contribution is 2.22. The molecule has 1 fully saturated rings. The van der Waals surface area contributed by atoms with Gasteiger partial charge in [0, 0.05) is 17.7 Å². The Kier molecular flexibility index (Phi) is 7.57. The number of aliphatic hydroxyl groups excluding tert-OH is 3. The van der Waals surface area contributed by atoms with Crippen LogP contribution in [-0.2, 0) is 4.74 Å². The zero-order chi connectivity index (χ0) is 24.9. The van der Waals surface area contributed by atoms with Crippen molar-refractivity contribution in [2.24, 2.45) is 0 Å². The molecule has 0 bridgehead atoms. The first-order chi connectivity index (χ1) is 16.8. The molecule has 1 aliphatic heterocycles. The molecule has 182 valence electrons. The number of hydrogen-bond donors (Lipinski definition) is 5. The lowest BCUT2D eigenvalue weighted by molar-refractivity contribution is -0.243. The van der Waals surface area contributed by atoms with Gasteiger partial charge in [-0.25, -0.2) is 0 Å². The average Bonchev–Trinajstić information content (AvgIpc) is 2.88. The van der Waals surface area contributed by atoms with Crippen LogP contribution in [0, 0.1) is 6.92 Å². The first-order valence-corrected chi connectivity index (χ1v) is 11.3. The van der Waals surface area contributed by atoms with Crippen molar-refractivity contribution in [1.29, 1.82) is 0 Å². The Bertz CT molecular complexity index is 1170. The lowest BCUT2D eigenvalue weighted by atomic mass is 9.96. The fourth-order valence-electron chi connectivity index (χ4n) is 3.98. The zero-order valence-electron chi connectivity index (χ0n) is 19.2. The highest BCUT2D eigenvalue weighted by atomic mass is 16.6. The van der Waals surface area contributed by atoms with E-state index in [1.165, 1.54) is 0 Å². The van der Waals surface area contributed by atoms with E-state index in [9.17, 15) is 24.9 Å². The van der Waals surface area contributed by atoms with Gasteiger partial charge in [-0.3, -0.25) is 9.59 Å². The van der Waals surface area contributed by atoms with Crippen LogP contribution in [0.5, 0.6) is 0 Å². The van der Waals surface area contributed by atoms with Crippen molar-refractivity contribution < 1.29 is 29.6 Å². The second-order valence-electron chi connectivity index (χ2n) is 8.57. The van der Waals surface area contributed by atoms with Gasteiger partial charge in [-0.15, -0.1) is 0 Å². The molecule has 8 nitrogen and oxygen atoms in total. The van der Waals surface area contributed by atoms with Gasteiger partial charge in [-0.05, 0) is 42.3 Å². The molecule has 4 rings (SSSR count). The Morgan fingerprint density at radius 1 is 0.800 bits per heavy atom. The van der Waals surface area contributed by atoms with E-state index in [0.717, 1.165) is 16.7 Å². The molecule has 0 spiro atoms. The van der Waals surface area contributed by atoms with E-state index < -0.39 is 36.6 Å². The predicted molar refractivity (Wildman–Crippen MR) is 130 cm³/mol. The Labute approximate surface area is 203 Å². The molecule has 8 heteroatoms. The monoisotopic (exact) mass is 476 g/mol. The van der Waals surface area contributed by atoms with Gasteiger partial charge in [0.1, 0.15) is 24.4 Å². The van der Waals surface area contributed by atoms with Crippen LogP contribution < -0.4 is 10.6 Å². The molecule has 1 saturated heterocycles. The number of aliphatic hydroxyl groups is 3. The fourth-order valence-corrected chi connectivity index (χ4v) is 3.98. The van der Waals surface area contributed by atoms with Gasteiger partial charge in [0.15, 0.2) is 6.29 Å². The quantitative estimate of drug-likeness (QED) is 0.368. The number of hydrogen-bond acceptors (Lipinski definition) is 6. The number of carbonyl (C=O) groups excluding carboxylic acids is 2. The summed E-state index contributed by atoms with van der Waals surface area (Å²) in [6, 6.07) is 22.2. The number of amides is 2. The Hall–Kier alpha value is -3.56. The molecular weight excluding hydrogens is 448 g/mol. The van der Waals surface area contributed by atoms with Gasteiger partial charge in [-0.1, -0.05) is 60.2 Å². The van der Waals surface area contributed by atoms with Gasteiger partial charge in [0.25, 0.3) is 11.8 Å². The molecule has 35 heavy (non-hydrogen) atoms. The molecule has 5 N–H and O–H groups in total. The fraction of sp³-hybridized carbons (Fsp3) is 0.259. The molecule has 3 aromatic carbocycles. The highest BCUT2D eigenvalue weighted by Gasteiger charge is 2.44. The van der Waals surface area contributed by atoms with Crippen LogP contribution in [0.4, 0.5) is 0 Å². The lowest BCUT2D eigenvalue weighted by Gasteiger charge is -2.41. The molecule has 2 amide bonds. The zero-order valence-corrected chi connectivity index (χ0v) is 19.2. The normalized spacial score (nSPS) is 23.9. The van der Waals surface area contributed by atoms with E-state index >= 15 is 0 Å². The van der Waals surface area contributed by atoms with E-state index in [-0.39, 0.29) is 12.5 Å². The van der Waals surface area contributed by atoms with Crippen LogP contribution in [0.3, 0.4) is 0 Å². The minimum Gasteiger partial charge on any atom is -0.388 e. The van der Waals surface area contributed by atoms with Crippen molar-refractivity contribution >= 4 is 11.8 Å². The number of nitrogens with one attached hydrogen (secondary N) is 2. The van der Waals surface area contributed by atoms with Crippen molar-refractivity contribution in [1.82, 2.24) is 10.6 Å². The van der Waals surface area contributed by atoms with Crippen LogP contribution in [0.1, 0.15) is 26.3 Å². The summed E-state index contributed by atoms with van der Waals surface area (Å²) in [6.45, 7) is 1.77. The lowest BCUT2D eigenvalue weighted by Crippen LogP contribution is -2.65. The van der Waals surface area contributed by atoms with Crippen LogP contribution >= 0.6 is 0 Å².